The maximum atomic E-state index is 11.5. The van der Waals surface area contributed by atoms with Crippen molar-refractivity contribution < 1.29 is 5.11 Å². The Labute approximate surface area is 98.5 Å². The third kappa shape index (κ3) is 2.45. The molecule has 0 aliphatic carbocycles. The smallest absolute Gasteiger partial charge is 0.258 e. The van der Waals surface area contributed by atoms with Gasteiger partial charge in [-0.25, -0.2) is 4.98 Å². The number of nitrogens with zero attached hydrogens (tertiary/aromatic N) is 1. The largest absolute Gasteiger partial charge is 0.394 e. The molecule has 90 valence electrons. The number of fused-ring (bicyclic) bond motifs is 1. The molecule has 0 amide bonds. The molecule has 17 heavy (non-hydrogen) atoms. The second-order valence-corrected chi connectivity index (χ2v) is 3.90. The second-order valence-electron chi connectivity index (χ2n) is 3.90. The molecule has 0 bridgehead atoms. The molecule has 0 fully saturated rings. The van der Waals surface area contributed by atoms with Gasteiger partial charge >= 0.3 is 0 Å². The van der Waals surface area contributed by atoms with E-state index in [1.807, 2.05) is 19.1 Å². The third-order valence-electron chi connectivity index (χ3n) is 2.73. The highest BCUT2D eigenvalue weighted by Crippen LogP contribution is 2.15. The van der Waals surface area contributed by atoms with Gasteiger partial charge in [0.25, 0.3) is 5.56 Å². The maximum absolute atomic E-state index is 11.5. The van der Waals surface area contributed by atoms with Crippen molar-refractivity contribution in [2.45, 2.75) is 19.4 Å². The number of aromatic nitrogens is 2. The molecular formula is C12H15N3O2. The van der Waals surface area contributed by atoms with Gasteiger partial charge in [0, 0.05) is 11.7 Å². The van der Waals surface area contributed by atoms with E-state index in [0.29, 0.717) is 10.9 Å². The molecule has 0 spiro atoms. The van der Waals surface area contributed by atoms with Gasteiger partial charge in [-0.2, -0.15) is 0 Å². The van der Waals surface area contributed by atoms with Crippen LogP contribution in [0.2, 0.25) is 0 Å². The number of aliphatic hydroxyl groups is 1. The van der Waals surface area contributed by atoms with E-state index in [2.05, 4.69) is 15.3 Å². The summed E-state index contributed by atoms with van der Waals surface area (Å²) in [5.74, 6) is 0. The highest BCUT2D eigenvalue weighted by molar-refractivity contribution is 5.81. The fraction of sp³-hybridized carbons (Fsp3) is 0.333. The molecule has 1 aromatic heterocycles. The Hall–Kier alpha value is -1.88. The predicted molar refractivity (Wildman–Crippen MR) is 67.2 cm³/mol. The summed E-state index contributed by atoms with van der Waals surface area (Å²) in [4.78, 5) is 18.1. The number of benzene rings is 1. The van der Waals surface area contributed by atoms with Crippen LogP contribution in [0.1, 0.15) is 13.3 Å². The number of hydrogen-bond donors (Lipinski definition) is 3. The molecule has 2 rings (SSSR count). The topological polar surface area (TPSA) is 78.0 Å². The molecule has 0 aliphatic rings. The van der Waals surface area contributed by atoms with Gasteiger partial charge in [0.1, 0.15) is 0 Å². The van der Waals surface area contributed by atoms with E-state index in [1.54, 1.807) is 6.07 Å². The van der Waals surface area contributed by atoms with Crippen LogP contribution in [-0.4, -0.2) is 27.7 Å². The first-order chi connectivity index (χ1) is 8.24. The van der Waals surface area contributed by atoms with E-state index in [4.69, 9.17) is 5.11 Å². The van der Waals surface area contributed by atoms with Gasteiger partial charge in [-0.05, 0) is 24.6 Å². The lowest BCUT2D eigenvalue weighted by molar-refractivity contribution is 0.272. The lowest BCUT2D eigenvalue weighted by Gasteiger charge is -2.15. The number of rotatable bonds is 4. The monoisotopic (exact) mass is 233 g/mol. The number of nitrogens with one attached hydrogen (secondary N) is 2. The molecular weight excluding hydrogens is 218 g/mol. The van der Waals surface area contributed by atoms with Gasteiger partial charge in [0.2, 0.25) is 0 Å². The van der Waals surface area contributed by atoms with Gasteiger partial charge in [-0.1, -0.05) is 6.92 Å². The normalized spacial score (nSPS) is 12.6. The lowest BCUT2D eigenvalue weighted by Crippen LogP contribution is -2.22. The number of anilines is 1. The standard InChI is InChI=1S/C12H15N3O2/c1-2-8(6-16)15-9-3-4-10-11(5-9)13-7-14-12(10)17/h3-5,7-8,15-16H,2,6H2,1H3,(H,13,14,17). The Morgan fingerprint density at radius 1 is 1.53 bits per heavy atom. The van der Waals surface area contributed by atoms with Crippen molar-refractivity contribution in [3.8, 4) is 0 Å². The Balaban J connectivity index is 2.35. The minimum absolute atomic E-state index is 0.0226. The van der Waals surface area contributed by atoms with Crippen LogP contribution in [0.4, 0.5) is 5.69 Å². The van der Waals surface area contributed by atoms with Gasteiger partial charge in [0.15, 0.2) is 0 Å². The van der Waals surface area contributed by atoms with Crippen molar-refractivity contribution in [2.24, 2.45) is 0 Å². The van der Waals surface area contributed by atoms with Crippen molar-refractivity contribution in [3.63, 3.8) is 0 Å². The number of hydrogen-bond acceptors (Lipinski definition) is 4. The van der Waals surface area contributed by atoms with Crippen LogP contribution in [0.15, 0.2) is 29.3 Å². The number of H-pyrrole nitrogens is 1. The zero-order valence-electron chi connectivity index (χ0n) is 9.60. The number of aromatic amines is 1. The van der Waals surface area contributed by atoms with Crippen molar-refractivity contribution in [1.82, 2.24) is 9.97 Å². The van der Waals surface area contributed by atoms with E-state index in [-0.39, 0.29) is 18.2 Å². The zero-order valence-corrected chi connectivity index (χ0v) is 9.60. The van der Waals surface area contributed by atoms with Gasteiger partial charge in [-0.15, -0.1) is 0 Å². The molecule has 0 saturated heterocycles. The molecule has 0 saturated carbocycles. The molecule has 1 aromatic carbocycles. The van der Waals surface area contributed by atoms with Crippen molar-refractivity contribution >= 4 is 16.6 Å². The quantitative estimate of drug-likeness (QED) is 0.739. The van der Waals surface area contributed by atoms with Crippen LogP contribution < -0.4 is 10.9 Å². The summed E-state index contributed by atoms with van der Waals surface area (Å²) in [5, 5.41) is 12.9. The minimum atomic E-state index is -0.143. The van der Waals surface area contributed by atoms with E-state index in [0.717, 1.165) is 12.1 Å². The summed E-state index contributed by atoms with van der Waals surface area (Å²) in [6.45, 7) is 2.08. The van der Waals surface area contributed by atoms with E-state index in [9.17, 15) is 4.79 Å². The van der Waals surface area contributed by atoms with Gasteiger partial charge in [-0.3, -0.25) is 4.79 Å². The average molecular weight is 233 g/mol. The first-order valence-corrected chi connectivity index (χ1v) is 5.59. The summed E-state index contributed by atoms with van der Waals surface area (Å²) in [6.07, 6.45) is 2.22. The Morgan fingerprint density at radius 3 is 3.06 bits per heavy atom. The molecule has 1 heterocycles. The highest BCUT2D eigenvalue weighted by Gasteiger charge is 2.05. The molecule has 1 atom stereocenters. The third-order valence-corrected chi connectivity index (χ3v) is 2.73. The Morgan fingerprint density at radius 2 is 2.35 bits per heavy atom. The Kier molecular flexibility index (Phi) is 3.39. The van der Waals surface area contributed by atoms with Gasteiger partial charge in [0.05, 0.1) is 23.8 Å². The SMILES string of the molecule is CCC(CO)Nc1ccc2c(=O)[nH]cnc2c1. The molecule has 2 aromatic rings. The van der Waals surface area contributed by atoms with Crippen molar-refractivity contribution in [3.05, 3.63) is 34.9 Å². The average Bonchev–Trinajstić information content (AvgIpc) is 2.36. The molecule has 0 radical (unpaired) electrons. The van der Waals surface area contributed by atoms with Crippen LogP contribution in [0.5, 0.6) is 0 Å². The van der Waals surface area contributed by atoms with Gasteiger partial charge < -0.3 is 15.4 Å². The highest BCUT2D eigenvalue weighted by atomic mass is 16.3. The first kappa shape index (κ1) is 11.6. The lowest BCUT2D eigenvalue weighted by atomic mass is 10.2. The molecule has 5 nitrogen and oxygen atoms in total. The molecule has 1 unspecified atom stereocenters. The second kappa shape index (κ2) is 4.97. The predicted octanol–water partition coefficient (Wildman–Crippen LogP) is 1.11. The van der Waals surface area contributed by atoms with E-state index >= 15 is 0 Å². The molecule has 0 aliphatic heterocycles. The van der Waals surface area contributed by atoms with E-state index < -0.39 is 0 Å². The van der Waals surface area contributed by atoms with Crippen LogP contribution in [0, 0.1) is 0 Å². The molecule has 3 N–H and O–H groups in total. The summed E-state index contributed by atoms with van der Waals surface area (Å²) in [7, 11) is 0. The maximum Gasteiger partial charge on any atom is 0.258 e. The van der Waals surface area contributed by atoms with Crippen LogP contribution in [-0.2, 0) is 0 Å². The first-order valence-electron chi connectivity index (χ1n) is 5.59. The summed E-state index contributed by atoms with van der Waals surface area (Å²) in [6, 6.07) is 5.38. The molecule has 5 heteroatoms. The van der Waals surface area contributed by atoms with Crippen molar-refractivity contribution in [1.29, 1.82) is 0 Å². The zero-order chi connectivity index (χ0) is 12.3. The fourth-order valence-electron chi connectivity index (χ4n) is 1.67. The fourth-order valence-corrected chi connectivity index (χ4v) is 1.67. The summed E-state index contributed by atoms with van der Waals surface area (Å²) >= 11 is 0. The van der Waals surface area contributed by atoms with Crippen LogP contribution in [0.25, 0.3) is 10.9 Å². The summed E-state index contributed by atoms with van der Waals surface area (Å²) < 4.78 is 0. The van der Waals surface area contributed by atoms with Crippen LogP contribution in [0.3, 0.4) is 0 Å². The van der Waals surface area contributed by atoms with Crippen molar-refractivity contribution in [2.75, 3.05) is 11.9 Å². The number of aliphatic hydroxyl groups excluding tert-OH is 1. The van der Waals surface area contributed by atoms with Crippen LogP contribution >= 0.6 is 0 Å². The van der Waals surface area contributed by atoms with E-state index in [1.165, 1.54) is 6.33 Å². The minimum Gasteiger partial charge on any atom is -0.394 e. The Bertz CT molecular complexity index is 561. The summed E-state index contributed by atoms with van der Waals surface area (Å²) in [5.41, 5.74) is 1.36.